The van der Waals surface area contributed by atoms with Crippen molar-refractivity contribution in [2.24, 2.45) is 22.7 Å². The lowest BCUT2D eigenvalue weighted by Crippen LogP contribution is -2.61. The molecule has 0 saturated heterocycles. The minimum absolute atomic E-state index is 0.0220. The molecule has 0 amide bonds. The van der Waals surface area contributed by atoms with E-state index in [1.807, 2.05) is 44.2 Å². The lowest BCUT2D eigenvalue weighted by Gasteiger charge is -2.55. The maximum atomic E-state index is 14.2. The molecule has 0 spiro atoms. The molecule has 0 unspecified atom stereocenters. The first-order valence-electron chi connectivity index (χ1n) is 13.0. The van der Waals surface area contributed by atoms with Crippen LogP contribution in [0.4, 0.5) is 0 Å². The van der Waals surface area contributed by atoms with Crippen molar-refractivity contribution in [1.82, 2.24) is 0 Å². The molecule has 2 fully saturated rings. The Morgan fingerprint density at radius 3 is 2.39 bits per heavy atom. The summed E-state index contributed by atoms with van der Waals surface area (Å²) in [6.07, 6.45) is 0.590. The number of carbonyl (C=O) groups excluding carboxylic acids is 4. The third kappa shape index (κ3) is 4.68. The zero-order valence-corrected chi connectivity index (χ0v) is 22.7. The summed E-state index contributed by atoms with van der Waals surface area (Å²) < 4.78 is 11.4. The Labute approximate surface area is 223 Å². The summed E-state index contributed by atoms with van der Waals surface area (Å²) in [6.45, 7) is 12.6. The van der Waals surface area contributed by atoms with Crippen LogP contribution in [0.2, 0.25) is 0 Å². The van der Waals surface area contributed by atoms with Gasteiger partial charge in [0.25, 0.3) is 0 Å². The maximum absolute atomic E-state index is 14.2. The van der Waals surface area contributed by atoms with Gasteiger partial charge in [-0.25, -0.2) is 4.79 Å². The first-order chi connectivity index (χ1) is 17.8. The molecule has 4 rings (SSSR count). The Balaban J connectivity index is 1.71. The zero-order chi connectivity index (χ0) is 28.0. The standard InChI is InChI=1S/C31H36O7/c1-17-22(33)16-21-27(35)25-18(2)23(38-24(34)13-12-20-10-8-7-9-11-20)14-15-31(25,6)29(36)28(37-19(3)32)26(17)30(21,4)5/h7-13,21,23,25,28-29,36H,2,14-16H2,1,3-6H3/b13-12+/t21-,23+,25+,28-,29+,31-/m1/s1. The lowest BCUT2D eigenvalue weighted by atomic mass is 9.50. The number of benzene rings is 1. The van der Waals surface area contributed by atoms with Gasteiger partial charge in [0.05, 0.1) is 5.92 Å². The van der Waals surface area contributed by atoms with Gasteiger partial charge in [-0.15, -0.1) is 0 Å². The average molecular weight is 521 g/mol. The largest absolute Gasteiger partial charge is 0.455 e. The summed E-state index contributed by atoms with van der Waals surface area (Å²) in [5.74, 6) is -3.15. The highest BCUT2D eigenvalue weighted by atomic mass is 16.6. The number of Topliss-reactive ketones (excluding diaryl/α,β-unsaturated/α-hetero) is 2. The topological polar surface area (TPSA) is 107 Å². The summed E-state index contributed by atoms with van der Waals surface area (Å²) in [5, 5.41) is 11.8. The molecule has 0 radical (unpaired) electrons. The van der Waals surface area contributed by atoms with E-state index in [4.69, 9.17) is 9.47 Å². The minimum atomic E-state index is -1.28. The fourth-order valence-corrected chi connectivity index (χ4v) is 6.71. The van der Waals surface area contributed by atoms with Crippen molar-refractivity contribution < 1.29 is 33.8 Å². The fourth-order valence-electron chi connectivity index (χ4n) is 6.71. The van der Waals surface area contributed by atoms with Crippen molar-refractivity contribution in [3.63, 3.8) is 0 Å². The normalized spacial score (nSPS) is 32.9. The Hall–Kier alpha value is -3.32. The van der Waals surface area contributed by atoms with E-state index in [2.05, 4.69) is 6.58 Å². The SMILES string of the molecule is C=C1[C@H]2C(=O)[C@H]3CC(=O)C(C)=C([C@@H](OC(C)=O)[C@H](O)[C@]2(C)CC[C@@H]1OC(=O)/C=C/c1ccccc1)C3(C)C. The summed E-state index contributed by atoms with van der Waals surface area (Å²) in [4.78, 5) is 52.1. The van der Waals surface area contributed by atoms with Crippen LogP contribution in [0.3, 0.4) is 0 Å². The highest BCUT2D eigenvalue weighted by molar-refractivity contribution is 6.02. The molecule has 7 nitrogen and oxygen atoms in total. The van der Waals surface area contributed by atoms with Gasteiger partial charge < -0.3 is 14.6 Å². The van der Waals surface area contributed by atoms with Crippen LogP contribution in [0.25, 0.3) is 6.08 Å². The minimum Gasteiger partial charge on any atom is -0.455 e. The number of hydrogen-bond donors (Lipinski definition) is 1. The van der Waals surface area contributed by atoms with E-state index < -0.39 is 52.9 Å². The molecule has 1 aromatic carbocycles. The number of ether oxygens (including phenoxy) is 2. The number of aliphatic hydroxyl groups excluding tert-OH is 1. The van der Waals surface area contributed by atoms with Crippen molar-refractivity contribution in [2.45, 2.75) is 72.2 Å². The van der Waals surface area contributed by atoms with Gasteiger partial charge >= 0.3 is 11.9 Å². The zero-order valence-electron chi connectivity index (χ0n) is 22.7. The molecule has 3 aliphatic rings. The summed E-state index contributed by atoms with van der Waals surface area (Å²) in [7, 11) is 0. The van der Waals surface area contributed by atoms with Crippen molar-refractivity contribution >= 4 is 29.6 Å². The number of aliphatic hydroxyl groups is 1. The number of esters is 2. The van der Waals surface area contributed by atoms with E-state index in [0.29, 0.717) is 29.6 Å². The number of rotatable bonds is 4. The molecular formula is C31H36O7. The van der Waals surface area contributed by atoms with Gasteiger partial charge in [0, 0.05) is 36.2 Å². The number of ketones is 2. The van der Waals surface area contributed by atoms with Crippen LogP contribution < -0.4 is 0 Å². The Morgan fingerprint density at radius 1 is 1.11 bits per heavy atom. The average Bonchev–Trinajstić information content (AvgIpc) is 2.85. The highest BCUT2D eigenvalue weighted by Crippen LogP contribution is 2.57. The van der Waals surface area contributed by atoms with Gasteiger partial charge in [-0.2, -0.15) is 0 Å². The monoisotopic (exact) mass is 520 g/mol. The Bertz CT molecular complexity index is 1240. The second-order valence-electron chi connectivity index (χ2n) is 11.5. The van der Waals surface area contributed by atoms with E-state index in [9.17, 15) is 24.3 Å². The van der Waals surface area contributed by atoms with Crippen molar-refractivity contribution in [1.29, 1.82) is 0 Å². The predicted molar refractivity (Wildman–Crippen MR) is 141 cm³/mol. The molecule has 7 heteroatoms. The van der Waals surface area contributed by atoms with Crippen molar-refractivity contribution in [3.05, 3.63) is 65.3 Å². The highest BCUT2D eigenvalue weighted by Gasteiger charge is 2.61. The molecule has 2 saturated carbocycles. The molecular weight excluding hydrogens is 484 g/mol. The molecule has 0 heterocycles. The third-order valence-electron chi connectivity index (χ3n) is 8.80. The summed E-state index contributed by atoms with van der Waals surface area (Å²) in [5.41, 5.74) is 0.275. The Kier molecular flexibility index (Phi) is 7.36. The van der Waals surface area contributed by atoms with E-state index in [-0.39, 0.29) is 18.0 Å². The van der Waals surface area contributed by atoms with Crippen molar-refractivity contribution in [3.8, 4) is 0 Å². The number of carbonyl (C=O) groups is 4. The number of hydrogen-bond acceptors (Lipinski definition) is 7. The molecule has 0 aromatic heterocycles. The maximum Gasteiger partial charge on any atom is 0.331 e. The van der Waals surface area contributed by atoms with Gasteiger partial charge in [0.1, 0.15) is 18.0 Å². The van der Waals surface area contributed by atoms with E-state index in [1.54, 1.807) is 19.9 Å². The predicted octanol–water partition coefficient (Wildman–Crippen LogP) is 4.39. The van der Waals surface area contributed by atoms with E-state index >= 15 is 0 Å². The molecule has 6 atom stereocenters. The van der Waals surface area contributed by atoms with Gasteiger partial charge in [-0.3, -0.25) is 14.4 Å². The smallest absolute Gasteiger partial charge is 0.331 e. The van der Waals surface area contributed by atoms with Crippen LogP contribution in [-0.2, 0) is 28.7 Å². The fraction of sp³-hybridized carbons (Fsp3) is 0.484. The first-order valence-corrected chi connectivity index (χ1v) is 13.0. The van der Waals surface area contributed by atoms with Gasteiger partial charge in [-0.05, 0) is 48.1 Å². The van der Waals surface area contributed by atoms with Gasteiger partial charge in [-0.1, -0.05) is 57.7 Å². The number of fused-ring (bicyclic) bond motifs is 3. The van der Waals surface area contributed by atoms with Gasteiger partial charge in [0.15, 0.2) is 11.9 Å². The second-order valence-corrected chi connectivity index (χ2v) is 11.5. The van der Waals surface area contributed by atoms with Crippen LogP contribution in [0.5, 0.6) is 0 Å². The van der Waals surface area contributed by atoms with E-state index in [1.165, 1.54) is 13.0 Å². The molecule has 0 aliphatic heterocycles. The van der Waals surface area contributed by atoms with Crippen LogP contribution in [0.15, 0.2) is 59.7 Å². The number of allylic oxidation sites excluding steroid dienone is 1. The molecule has 202 valence electrons. The van der Waals surface area contributed by atoms with Gasteiger partial charge in [0.2, 0.25) is 0 Å². The molecule has 1 aromatic rings. The van der Waals surface area contributed by atoms with Crippen LogP contribution in [-0.4, -0.2) is 46.9 Å². The first kappa shape index (κ1) is 27.7. The summed E-state index contributed by atoms with van der Waals surface area (Å²) in [6, 6.07) is 9.33. The third-order valence-corrected chi connectivity index (χ3v) is 8.80. The second kappa shape index (κ2) is 10.1. The van der Waals surface area contributed by atoms with Crippen LogP contribution >= 0.6 is 0 Å². The lowest BCUT2D eigenvalue weighted by molar-refractivity contribution is -0.171. The quantitative estimate of drug-likeness (QED) is 0.356. The van der Waals surface area contributed by atoms with E-state index in [0.717, 1.165) is 5.56 Å². The summed E-state index contributed by atoms with van der Waals surface area (Å²) >= 11 is 0. The molecule has 38 heavy (non-hydrogen) atoms. The molecule has 2 bridgehead atoms. The Morgan fingerprint density at radius 2 is 1.76 bits per heavy atom. The van der Waals surface area contributed by atoms with Crippen LogP contribution in [0.1, 0.15) is 59.4 Å². The molecule has 3 aliphatic carbocycles. The van der Waals surface area contributed by atoms with Crippen LogP contribution in [0, 0.1) is 22.7 Å². The van der Waals surface area contributed by atoms with Crippen molar-refractivity contribution in [2.75, 3.05) is 0 Å². The molecule has 1 N–H and O–H groups in total.